The summed E-state index contributed by atoms with van der Waals surface area (Å²) in [5, 5.41) is 6.62. The van der Waals surface area contributed by atoms with Gasteiger partial charge in [-0.2, -0.15) is 0 Å². The zero-order valence-electron chi connectivity index (χ0n) is 13.7. The monoisotopic (exact) mass is 367 g/mol. The van der Waals surface area contributed by atoms with Crippen molar-refractivity contribution in [1.29, 1.82) is 0 Å². The Bertz CT molecular complexity index is 736. The van der Waals surface area contributed by atoms with Crippen LogP contribution >= 0.6 is 23.2 Å². The number of rotatable bonds is 6. The highest BCUT2D eigenvalue weighted by Crippen LogP contribution is 2.30. The van der Waals surface area contributed by atoms with Crippen LogP contribution in [0.2, 0.25) is 10.0 Å². The van der Waals surface area contributed by atoms with Crippen molar-refractivity contribution >= 4 is 40.7 Å². The summed E-state index contributed by atoms with van der Waals surface area (Å²) < 4.78 is 0. The number of carbonyl (C=O) groups is 1. The largest absolute Gasteiger partial charge is 0.349 e. The van der Waals surface area contributed by atoms with E-state index in [9.17, 15) is 4.79 Å². The molecule has 0 aliphatic heterocycles. The second-order valence-electron chi connectivity index (χ2n) is 5.50. The molecule has 0 aliphatic rings. The van der Waals surface area contributed by atoms with E-state index >= 15 is 0 Å². The molecule has 2 aromatic rings. The molecule has 0 saturated heterocycles. The van der Waals surface area contributed by atoms with Crippen LogP contribution in [0.3, 0.4) is 0 Å². The average molecular weight is 368 g/mol. The van der Waals surface area contributed by atoms with Gasteiger partial charge in [-0.1, -0.05) is 29.3 Å². The van der Waals surface area contributed by atoms with Crippen molar-refractivity contribution in [1.82, 2.24) is 20.2 Å². The average Bonchev–Trinajstić information content (AvgIpc) is 2.51. The minimum Gasteiger partial charge on any atom is -0.349 e. The first kappa shape index (κ1) is 18.4. The molecule has 0 aliphatic carbocycles. The van der Waals surface area contributed by atoms with Crippen molar-refractivity contribution in [3.63, 3.8) is 0 Å². The lowest BCUT2D eigenvalue weighted by molar-refractivity contribution is 0.0946. The molecule has 24 heavy (non-hydrogen) atoms. The molecule has 1 heterocycles. The van der Waals surface area contributed by atoms with Crippen molar-refractivity contribution in [2.45, 2.75) is 6.92 Å². The second-order valence-corrected chi connectivity index (χ2v) is 6.29. The molecule has 0 bridgehead atoms. The summed E-state index contributed by atoms with van der Waals surface area (Å²) in [5.41, 5.74) is 1.54. The number of hydrogen-bond donors (Lipinski definition) is 2. The molecule has 0 radical (unpaired) electrons. The molecule has 8 heteroatoms. The number of nitrogens with zero attached hydrogens (tertiary/aromatic N) is 3. The van der Waals surface area contributed by atoms with Crippen LogP contribution in [-0.2, 0) is 0 Å². The number of nitrogens with one attached hydrogen (secondary N) is 2. The molecular weight excluding hydrogens is 349 g/mol. The van der Waals surface area contributed by atoms with E-state index in [0.717, 1.165) is 6.54 Å². The summed E-state index contributed by atoms with van der Waals surface area (Å²) in [6.45, 7) is 3.08. The summed E-state index contributed by atoms with van der Waals surface area (Å²) in [6.07, 6.45) is 0. The van der Waals surface area contributed by atoms with Crippen molar-refractivity contribution in [3.8, 4) is 0 Å². The lowest BCUT2D eigenvalue weighted by Crippen LogP contribution is -2.32. The lowest BCUT2D eigenvalue weighted by Gasteiger charge is -2.12. The van der Waals surface area contributed by atoms with Gasteiger partial charge in [0, 0.05) is 18.8 Å². The first-order chi connectivity index (χ1) is 11.4. The highest BCUT2D eigenvalue weighted by molar-refractivity contribution is 6.43. The molecule has 0 atom stereocenters. The van der Waals surface area contributed by atoms with Crippen LogP contribution in [0.5, 0.6) is 0 Å². The van der Waals surface area contributed by atoms with E-state index in [4.69, 9.17) is 23.2 Å². The van der Waals surface area contributed by atoms with Gasteiger partial charge in [-0.15, -0.1) is 0 Å². The fourth-order valence-corrected chi connectivity index (χ4v) is 2.29. The number of benzene rings is 1. The molecule has 1 aromatic carbocycles. The molecule has 0 fully saturated rings. The molecule has 0 spiro atoms. The van der Waals surface area contributed by atoms with Crippen molar-refractivity contribution in [2.24, 2.45) is 0 Å². The molecule has 2 rings (SSSR count). The van der Waals surface area contributed by atoms with Gasteiger partial charge in [0.1, 0.15) is 5.69 Å². The van der Waals surface area contributed by atoms with Gasteiger partial charge in [-0.3, -0.25) is 4.79 Å². The highest BCUT2D eigenvalue weighted by Gasteiger charge is 2.12. The Kier molecular flexibility index (Phi) is 6.36. The Labute approximate surface area is 151 Å². The normalized spacial score (nSPS) is 10.8. The van der Waals surface area contributed by atoms with Crippen LogP contribution in [0.1, 0.15) is 16.2 Å². The van der Waals surface area contributed by atoms with Crippen LogP contribution in [-0.4, -0.2) is 48.0 Å². The number of aryl methyl sites for hydroxylation is 1. The van der Waals surface area contributed by atoms with Gasteiger partial charge in [0.05, 0.1) is 15.7 Å². The maximum Gasteiger partial charge on any atom is 0.270 e. The van der Waals surface area contributed by atoms with Gasteiger partial charge in [0.25, 0.3) is 5.91 Å². The van der Waals surface area contributed by atoms with E-state index in [2.05, 4.69) is 20.6 Å². The van der Waals surface area contributed by atoms with Crippen LogP contribution in [0.4, 0.5) is 11.6 Å². The summed E-state index contributed by atoms with van der Waals surface area (Å²) in [6, 6.07) is 6.85. The highest BCUT2D eigenvalue weighted by atomic mass is 35.5. The molecule has 6 nitrogen and oxygen atoms in total. The van der Waals surface area contributed by atoms with Gasteiger partial charge in [-0.25, -0.2) is 9.97 Å². The van der Waals surface area contributed by atoms with Gasteiger partial charge >= 0.3 is 0 Å². The second kappa shape index (κ2) is 8.28. The summed E-state index contributed by atoms with van der Waals surface area (Å²) >= 11 is 12.1. The smallest absolute Gasteiger partial charge is 0.270 e. The van der Waals surface area contributed by atoms with Crippen molar-refractivity contribution in [2.75, 3.05) is 32.5 Å². The van der Waals surface area contributed by atoms with E-state index < -0.39 is 0 Å². The van der Waals surface area contributed by atoms with E-state index in [1.807, 2.05) is 19.0 Å². The topological polar surface area (TPSA) is 70.2 Å². The number of halogens is 2. The third-order valence-corrected chi connectivity index (χ3v) is 3.95. The third kappa shape index (κ3) is 5.06. The van der Waals surface area contributed by atoms with Gasteiger partial charge in [0.15, 0.2) is 0 Å². The van der Waals surface area contributed by atoms with Gasteiger partial charge in [0.2, 0.25) is 5.95 Å². The van der Waals surface area contributed by atoms with Crippen molar-refractivity contribution in [3.05, 3.63) is 45.7 Å². The molecular formula is C16H19Cl2N5O. The number of hydrogen-bond acceptors (Lipinski definition) is 5. The zero-order chi connectivity index (χ0) is 17.7. The Balaban J connectivity index is 2.16. The van der Waals surface area contributed by atoms with Gasteiger partial charge in [-0.05, 0) is 39.2 Å². The Morgan fingerprint density at radius 3 is 2.71 bits per heavy atom. The van der Waals surface area contributed by atoms with E-state index in [0.29, 0.717) is 33.7 Å². The Morgan fingerprint density at radius 2 is 2.00 bits per heavy atom. The minimum atomic E-state index is -0.248. The Morgan fingerprint density at radius 1 is 1.25 bits per heavy atom. The third-order valence-electron chi connectivity index (χ3n) is 3.13. The van der Waals surface area contributed by atoms with E-state index in [-0.39, 0.29) is 11.9 Å². The van der Waals surface area contributed by atoms with Crippen molar-refractivity contribution < 1.29 is 4.79 Å². The summed E-state index contributed by atoms with van der Waals surface area (Å²) in [5.74, 6) is 0.0412. The van der Waals surface area contributed by atoms with Gasteiger partial charge < -0.3 is 15.5 Å². The fourth-order valence-electron chi connectivity index (χ4n) is 1.95. The minimum absolute atomic E-state index is 0.248. The first-order valence-electron chi connectivity index (χ1n) is 7.36. The first-order valence-corrected chi connectivity index (χ1v) is 8.12. The Hall–Kier alpha value is -1.89. The molecule has 1 amide bonds. The number of likely N-dealkylation sites (N-methyl/N-ethyl adjacent to an activating group) is 1. The maximum absolute atomic E-state index is 12.2. The molecule has 1 aromatic heterocycles. The van der Waals surface area contributed by atoms with Crippen LogP contribution in [0, 0.1) is 6.92 Å². The SMILES string of the molecule is Cc1cc(C(=O)NCCN(C)C)nc(Nc2cccc(Cl)c2Cl)n1. The predicted molar refractivity (Wildman–Crippen MR) is 97.4 cm³/mol. The lowest BCUT2D eigenvalue weighted by atomic mass is 10.3. The standard InChI is InChI=1S/C16H19Cl2N5O/c1-10-9-13(15(24)19-7-8-23(2)3)22-16(20-10)21-12-6-4-5-11(17)14(12)18/h4-6,9H,7-8H2,1-3H3,(H,19,24)(H,20,21,22). The van der Waals surface area contributed by atoms with Crippen LogP contribution in [0.25, 0.3) is 0 Å². The van der Waals surface area contributed by atoms with E-state index in [1.54, 1.807) is 31.2 Å². The summed E-state index contributed by atoms with van der Waals surface area (Å²) in [7, 11) is 3.88. The number of amides is 1. The number of aromatic nitrogens is 2. The van der Waals surface area contributed by atoms with Crippen LogP contribution < -0.4 is 10.6 Å². The predicted octanol–water partition coefficient (Wildman–Crippen LogP) is 3.13. The molecule has 128 valence electrons. The summed E-state index contributed by atoms with van der Waals surface area (Å²) in [4.78, 5) is 22.7. The number of anilines is 2. The van der Waals surface area contributed by atoms with Crippen LogP contribution in [0.15, 0.2) is 24.3 Å². The zero-order valence-corrected chi connectivity index (χ0v) is 15.2. The molecule has 0 saturated carbocycles. The fraction of sp³-hybridized carbons (Fsp3) is 0.312. The van der Waals surface area contributed by atoms with E-state index in [1.165, 1.54) is 0 Å². The molecule has 0 unspecified atom stereocenters. The maximum atomic E-state index is 12.2. The number of carbonyl (C=O) groups excluding carboxylic acids is 1. The molecule has 2 N–H and O–H groups in total. The quantitative estimate of drug-likeness (QED) is 0.820.